The van der Waals surface area contributed by atoms with Gasteiger partial charge in [0.1, 0.15) is 5.75 Å². The largest absolute Gasteiger partial charge is 0.573 e. The second kappa shape index (κ2) is 7.00. The van der Waals surface area contributed by atoms with E-state index in [1.165, 1.54) is 24.3 Å². The molecule has 0 bridgehead atoms. The van der Waals surface area contributed by atoms with Crippen molar-refractivity contribution in [3.8, 4) is 5.75 Å². The Balaban J connectivity index is 1.94. The molecule has 4 nitrogen and oxygen atoms in total. The number of hydrogen-bond donors (Lipinski definition) is 1. The Morgan fingerprint density at radius 2 is 2.05 bits per heavy atom. The molecule has 0 radical (unpaired) electrons. The highest BCUT2D eigenvalue weighted by molar-refractivity contribution is 5.79. The van der Waals surface area contributed by atoms with E-state index in [0.29, 0.717) is 5.56 Å². The number of ether oxygens (including phenoxy) is 1. The van der Waals surface area contributed by atoms with Crippen LogP contribution in [0.15, 0.2) is 24.3 Å². The van der Waals surface area contributed by atoms with Gasteiger partial charge in [-0.1, -0.05) is 12.1 Å². The van der Waals surface area contributed by atoms with Crippen molar-refractivity contribution in [3.05, 3.63) is 29.8 Å². The zero-order valence-electron chi connectivity index (χ0n) is 12.3. The molecule has 0 spiro atoms. The van der Waals surface area contributed by atoms with Gasteiger partial charge in [-0.15, -0.1) is 13.2 Å². The van der Waals surface area contributed by atoms with E-state index in [2.05, 4.69) is 10.1 Å². The Labute approximate surface area is 127 Å². The molecule has 1 heterocycles. The first-order chi connectivity index (χ1) is 10.4. The molecule has 0 saturated carbocycles. The summed E-state index contributed by atoms with van der Waals surface area (Å²) in [4.78, 5) is 14.1. The van der Waals surface area contributed by atoms with Crippen LogP contribution < -0.4 is 10.1 Å². The Morgan fingerprint density at radius 1 is 1.36 bits per heavy atom. The molecule has 0 aliphatic carbocycles. The van der Waals surface area contributed by atoms with Crippen LogP contribution >= 0.6 is 0 Å². The predicted octanol–water partition coefficient (Wildman–Crippen LogP) is 2.34. The molecule has 22 heavy (non-hydrogen) atoms. The van der Waals surface area contributed by atoms with Crippen molar-refractivity contribution in [2.75, 3.05) is 20.1 Å². The second-order valence-electron chi connectivity index (χ2n) is 5.31. The lowest BCUT2D eigenvalue weighted by molar-refractivity contribution is -0.274. The van der Waals surface area contributed by atoms with E-state index in [9.17, 15) is 18.0 Å². The molecule has 0 aromatic heterocycles. The topological polar surface area (TPSA) is 41.6 Å². The number of nitrogens with one attached hydrogen (secondary N) is 1. The third-order valence-electron chi connectivity index (χ3n) is 3.65. The molecule has 122 valence electrons. The zero-order valence-corrected chi connectivity index (χ0v) is 12.3. The maximum atomic E-state index is 12.3. The van der Waals surface area contributed by atoms with Gasteiger partial charge in [0.2, 0.25) is 5.91 Å². The number of carbonyl (C=O) groups is 1. The van der Waals surface area contributed by atoms with E-state index in [1.54, 1.807) is 0 Å². The van der Waals surface area contributed by atoms with Crippen molar-refractivity contribution in [2.24, 2.45) is 0 Å². The molecule has 1 fully saturated rings. The van der Waals surface area contributed by atoms with Gasteiger partial charge in [0, 0.05) is 19.1 Å². The number of likely N-dealkylation sites (N-methyl/N-ethyl adjacent to an activating group) is 1. The Hall–Kier alpha value is -1.76. The smallest absolute Gasteiger partial charge is 0.406 e. The minimum Gasteiger partial charge on any atom is -0.406 e. The minimum atomic E-state index is -4.70. The Bertz CT molecular complexity index is 503. The van der Waals surface area contributed by atoms with Crippen molar-refractivity contribution < 1.29 is 22.7 Å². The van der Waals surface area contributed by atoms with E-state index < -0.39 is 6.36 Å². The van der Waals surface area contributed by atoms with Crippen LogP contribution in [0.3, 0.4) is 0 Å². The number of hydrogen-bond acceptors (Lipinski definition) is 3. The number of carbonyl (C=O) groups excluding carboxylic acids is 1. The predicted molar refractivity (Wildman–Crippen MR) is 75.5 cm³/mol. The highest BCUT2D eigenvalue weighted by atomic mass is 19.4. The summed E-state index contributed by atoms with van der Waals surface area (Å²) in [5.74, 6) is -0.278. The number of halogens is 3. The fourth-order valence-corrected chi connectivity index (χ4v) is 2.70. The van der Waals surface area contributed by atoms with Crippen LogP contribution in [0.2, 0.25) is 0 Å². The quantitative estimate of drug-likeness (QED) is 0.906. The van der Waals surface area contributed by atoms with Crippen LogP contribution in [0.25, 0.3) is 0 Å². The molecular formula is C15H19F3N2O2. The van der Waals surface area contributed by atoms with Gasteiger partial charge >= 0.3 is 6.36 Å². The van der Waals surface area contributed by atoms with Crippen molar-refractivity contribution in [1.29, 1.82) is 0 Å². The molecule has 1 N–H and O–H groups in total. The highest BCUT2D eigenvalue weighted by Crippen LogP contribution is 2.23. The lowest BCUT2D eigenvalue weighted by Gasteiger charge is -2.24. The lowest BCUT2D eigenvalue weighted by Crippen LogP contribution is -2.41. The Morgan fingerprint density at radius 3 is 2.64 bits per heavy atom. The number of likely N-dealkylation sites (tertiary alicyclic amines) is 1. The average molecular weight is 316 g/mol. The summed E-state index contributed by atoms with van der Waals surface area (Å²) >= 11 is 0. The number of benzene rings is 1. The number of nitrogens with zero attached hydrogens (tertiary/aromatic N) is 1. The molecule has 1 saturated heterocycles. The van der Waals surface area contributed by atoms with Crippen molar-refractivity contribution >= 4 is 5.91 Å². The fourth-order valence-electron chi connectivity index (χ4n) is 2.70. The summed E-state index contributed by atoms with van der Waals surface area (Å²) in [6, 6.07) is 5.63. The van der Waals surface area contributed by atoms with Gasteiger partial charge < -0.3 is 15.0 Å². The third-order valence-corrected chi connectivity index (χ3v) is 3.65. The SMILES string of the molecule is CNC[C@@H]1CCCN1C(=O)Cc1ccc(OC(F)(F)F)cc1. The summed E-state index contributed by atoms with van der Waals surface area (Å²) in [6.45, 7) is 1.49. The molecule has 0 unspecified atom stereocenters. The molecule has 1 aliphatic heterocycles. The zero-order chi connectivity index (χ0) is 16.2. The first-order valence-electron chi connectivity index (χ1n) is 7.18. The Kier molecular flexibility index (Phi) is 5.28. The number of alkyl halides is 3. The lowest BCUT2D eigenvalue weighted by atomic mass is 10.1. The van der Waals surface area contributed by atoms with Gasteiger partial charge in [-0.05, 0) is 37.6 Å². The van der Waals surface area contributed by atoms with Gasteiger partial charge in [-0.25, -0.2) is 0 Å². The van der Waals surface area contributed by atoms with E-state index in [0.717, 1.165) is 25.9 Å². The molecule has 7 heteroatoms. The fraction of sp³-hybridized carbons (Fsp3) is 0.533. The van der Waals surface area contributed by atoms with Crippen LogP contribution in [0, 0.1) is 0 Å². The normalized spacial score (nSPS) is 18.5. The minimum absolute atomic E-state index is 0.00207. The summed E-state index contributed by atoms with van der Waals surface area (Å²) < 4.78 is 40.1. The molecule has 2 rings (SSSR count). The van der Waals surface area contributed by atoms with Gasteiger partial charge in [-0.2, -0.15) is 0 Å². The van der Waals surface area contributed by atoms with E-state index in [-0.39, 0.29) is 24.1 Å². The second-order valence-corrected chi connectivity index (χ2v) is 5.31. The van der Waals surface area contributed by atoms with Gasteiger partial charge in [0.25, 0.3) is 0 Å². The maximum Gasteiger partial charge on any atom is 0.573 e. The molecule has 1 atom stereocenters. The van der Waals surface area contributed by atoms with E-state index in [1.807, 2.05) is 11.9 Å². The van der Waals surface area contributed by atoms with Crippen molar-refractivity contribution in [3.63, 3.8) is 0 Å². The first kappa shape index (κ1) is 16.6. The molecular weight excluding hydrogens is 297 g/mol. The van der Waals surface area contributed by atoms with Crippen LogP contribution in [0.5, 0.6) is 5.75 Å². The molecule has 1 aromatic rings. The van der Waals surface area contributed by atoms with Crippen molar-refractivity contribution in [1.82, 2.24) is 10.2 Å². The van der Waals surface area contributed by atoms with Gasteiger partial charge in [0.05, 0.1) is 6.42 Å². The van der Waals surface area contributed by atoms with Crippen LogP contribution in [-0.4, -0.2) is 43.3 Å². The highest BCUT2D eigenvalue weighted by Gasteiger charge is 2.31. The molecule has 1 aromatic carbocycles. The van der Waals surface area contributed by atoms with Crippen LogP contribution in [0.1, 0.15) is 18.4 Å². The van der Waals surface area contributed by atoms with Crippen molar-refractivity contribution in [2.45, 2.75) is 31.7 Å². The third kappa shape index (κ3) is 4.62. The average Bonchev–Trinajstić information content (AvgIpc) is 2.88. The number of rotatable bonds is 5. The van der Waals surface area contributed by atoms with Gasteiger partial charge in [0.15, 0.2) is 0 Å². The summed E-state index contributed by atoms with van der Waals surface area (Å²) in [5, 5.41) is 3.07. The standard InChI is InChI=1S/C15H19F3N2O2/c1-19-10-12-3-2-8-20(12)14(21)9-11-4-6-13(7-5-11)22-15(16,17)18/h4-7,12,19H,2-3,8-10H2,1H3/t12-/m0/s1. The summed E-state index contributed by atoms with van der Waals surface area (Å²) in [6.07, 6.45) is -2.55. The maximum absolute atomic E-state index is 12.3. The van der Waals surface area contributed by atoms with Gasteiger partial charge in [-0.3, -0.25) is 4.79 Å². The first-order valence-corrected chi connectivity index (χ1v) is 7.18. The number of amides is 1. The van der Waals surface area contributed by atoms with E-state index >= 15 is 0 Å². The summed E-state index contributed by atoms with van der Waals surface area (Å²) in [7, 11) is 1.85. The van der Waals surface area contributed by atoms with E-state index in [4.69, 9.17) is 0 Å². The molecule has 1 amide bonds. The summed E-state index contributed by atoms with van der Waals surface area (Å²) in [5.41, 5.74) is 0.676. The molecule has 1 aliphatic rings. The van der Waals surface area contributed by atoms with Crippen LogP contribution in [-0.2, 0) is 11.2 Å². The van der Waals surface area contributed by atoms with Crippen LogP contribution in [0.4, 0.5) is 13.2 Å². The monoisotopic (exact) mass is 316 g/mol.